The summed E-state index contributed by atoms with van der Waals surface area (Å²) in [6.07, 6.45) is 0. The lowest BCUT2D eigenvalue weighted by Gasteiger charge is -2.10. The van der Waals surface area contributed by atoms with Gasteiger partial charge >= 0.3 is 0 Å². The predicted octanol–water partition coefficient (Wildman–Crippen LogP) is 3.56. The van der Waals surface area contributed by atoms with Gasteiger partial charge in [-0.05, 0) is 37.3 Å². The number of hydrogen-bond donors (Lipinski definition) is 1. The van der Waals surface area contributed by atoms with Gasteiger partial charge in [-0.15, -0.1) is 0 Å². The molecule has 0 bridgehead atoms. The third-order valence-electron chi connectivity index (χ3n) is 3.24. The third kappa shape index (κ3) is 3.52. The van der Waals surface area contributed by atoms with Gasteiger partial charge in [0.1, 0.15) is 16.8 Å². The number of anilines is 1. The predicted molar refractivity (Wildman–Crippen MR) is 93.0 cm³/mol. The van der Waals surface area contributed by atoms with E-state index >= 15 is 0 Å². The molecule has 0 aliphatic rings. The van der Waals surface area contributed by atoms with Crippen LogP contribution in [0.2, 0.25) is 5.02 Å². The van der Waals surface area contributed by atoms with Gasteiger partial charge < -0.3 is 10.1 Å². The fourth-order valence-corrected chi connectivity index (χ4v) is 2.86. The van der Waals surface area contributed by atoms with Crippen molar-refractivity contribution >= 4 is 51.7 Å². The third-order valence-corrected chi connectivity index (χ3v) is 4.02. The van der Waals surface area contributed by atoms with E-state index in [1.54, 1.807) is 24.3 Å². The topological polar surface area (TPSA) is 81.2 Å². The zero-order valence-electron chi connectivity index (χ0n) is 12.6. The summed E-state index contributed by atoms with van der Waals surface area (Å²) in [5, 5.41) is 3.16. The molecule has 0 aliphatic heterocycles. The number of ether oxygens (including phenoxy) is 1. The molecule has 3 rings (SSSR count). The average molecular weight is 362 g/mol. The maximum absolute atomic E-state index is 12.1. The molecule has 6 nitrogen and oxygen atoms in total. The molecule has 0 spiro atoms. The lowest BCUT2D eigenvalue weighted by Crippen LogP contribution is -2.21. The molecule has 1 N–H and O–H groups in total. The van der Waals surface area contributed by atoms with Gasteiger partial charge in [-0.1, -0.05) is 17.7 Å². The molecule has 3 aromatic rings. The maximum atomic E-state index is 12.1. The molecule has 1 heterocycles. The van der Waals surface area contributed by atoms with E-state index in [0.717, 1.165) is 17.2 Å². The van der Waals surface area contributed by atoms with E-state index in [-0.39, 0.29) is 18.3 Å². The number of amides is 1. The smallest absolute Gasteiger partial charge is 0.262 e. The fourth-order valence-electron chi connectivity index (χ4n) is 2.14. The van der Waals surface area contributed by atoms with Gasteiger partial charge in [0, 0.05) is 5.02 Å². The summed E-state index contributed by atoms with van der Waals surface area (Å²) in [5.41, 5.74) is 2.25. The van der Waals surface area contributed by atoms with E-state index < -0.39 is 0 Å². The zero-order valence-corrected chi connectivity index (χ0v) is 14.1. The Hall–Kier alpha value is -2.51. The Morgan fingerprint density at radius 1 is 1.25 bits per heavy atom. The van der Waals surface area contributed by atoms with Crippen molar-refractivity contribution in [2.75, 3.05) is 11.9 Å². The van der Waals surface area contributed by atoms with Crippen LogP contribution in [0.15, 0.2) is 36.4 Å². The molecule has 0 radical (unpaired) electrons. The normalized spacial score (nSPS) is 10.6. The van der Waals surface area contributed by atoms with Crippen molar-refractivity contribution in [3.63, 3.8) is 0 Å². The maximum Gasteiger partial charge on any atom is 0.262 e. The molecule has 8 heteroatoms. The molecule has 0 fully saturated rings. The van der Waals surface area contributed by atoms with E-state index in [4.69, 9.17) is 16.3 Å². The van der Waals surface area contributed by atoms with Crippen molar-refractivity contribution in [2.45, 2.75) is 6.92 Å². The Morgan fingerprint density at radius 2 is 2.08 bits per heavy atom. The van der Waals surface area contributed by atoms with Gasteiger partial charge in [-0.25, -0.2) is 0 Å². The second kappa shape index (κ2) is 6.94. The second-order valence-electron chi connectivity index (χ2n) is 4.97. The number of hydrogen-bond acceptors (Lipinski definition) is 6. The van der Waals surface area contributed by atoms with E-state index in [9.17, 15) is 9.59 Å². The monoisotopic (exact) mass is 361 g/mol. The quantitative estimate of drug-likeness (QED) is 0.702. The van der Waals surface area contributed by atoms with Crippen molar-refractivity contribution in [1.82, 2.24) is 8.75 Å². The molecule has 0 unspecified atom stereocenters. The summed E-state index contributed by atoms with van der Waals surface area (Å²) in [7, 11) is 0. The molecule has 0 saturated heterocycles. The van der Waals surface area contributed by atoms with E-state index in [1.807, 2.05) is 6.07 Å². The van der Waals surface area contributed by atoms with Crippen LogP contribution in [0.1, 0.15) is 17.3 Å². The van der Waals surface area contributed by atoms with Crippen molar-refractivity contribution in [2.24, 2.45) is 0 Å². The number of benzene rings is 2. The fraction of sp³-hybridized carbons (Fsp3) is 0.125. The van der Waals surface area contributed by atoms with Crippen molar-refractivity contribution in [3.05, 3.63) is 47.0 Å². The molecule has 1 amide bonds. The first-order chi connectivity index (χ1) is 11.5. The number of rotatable bonds is 5. The van der Waals surface area contributed by atoms with Gasteiger partial charge in [-0.2, -0.15) is 8.75 Å². The zero-order chi connectivity index (χ0) is 17.1. The highest BCUT2D eigenvalue weighted by atomic mass is 35.5. The van der Waals surface area contributed by atoms with Gasteiger partial charge in [0.15, 0.2) is 12.4 Å². The van der Waals surface area contributed by atoms with Crippen LogP contribution in [0.4, 0.5) is 5.69 Å². The summed E-state index contributed by atoms with van der Waals surface area (Å²) < 4.78 is 13.7. The van der Waals surface area contributed by atoms with Crippen LogP contribution in [0.25, 0.3) is 11.0 Å². The Balaban J connectivity index is 1.70. The molecule has 1 aromatic heterocycles. The highest BCUT2D eigenvalue weighted by molar-refractivity contribution is 7.00. The van der Waals surface area contributed by atoms with Crippen molar-refractivity contribution in [1.29, 1.82) is 0 Å². The molecule has 0 atom stereocenters. The van der Waals surface area contributed by atoms with Crippen LogP contribution < -0.4 is 10.1 Å². The lowest BCUT2D eigenvalue weighted by atomic mass is 10.1. The summed E-state index contributed by atoms with van der Waals surface area (Å²) in [6.45, 7) is 1.17. The van der Waals surface area contributed by atoms with Crippen LogP contribution in [0, 0.1) is 0 Å². The standard InChI is InChI=1S/C16H12ClN3O3S/c1-9(21)11-7-10(17)5-6-14(11)23-8-15(22)18-12-3-2-4-13-16(12)20-24-19-13/h2-7H,8H2,1H3,(H,18,22). The highest BCUT2D eigenvalue weighted by Crippen LogP contribution is 2.24. The van der Waals surface area contributed by atoms with Gasteiger partial charge in [-0.3, -0.25) is 9.59 Å². The number of fused-ring (bicyclic) bond motifs is 1. The Bertz CT molecular complexity index is 926. The number of carbonyl (C=O) groups excluding carboxylic acids is 2. The molecular formula is C16H12ClN3O3S. The van der Waals surface area contributed by atoms with Gasteiger partial charge in [0.25, 0.3) is 5.91 Å². The molecule has 24 heavy (non-hydrogen) atoms. The number of nitrogens with zero attached hydrogens (tertiary/aromatic N) is 2. The van der Waals surface area contributed by atoms with E-state index in [0.29, 0.717) is 27.5 Å². The number of Topliss-reactive ketones (excluding diaryl/α,β-unsaturated/α-hetero) is 1. The summed E-state index contributed by atoms with van der Waals surface area (Å²) in [5.74, 6) is -0.234. The molecule has 122 valence electrons. The molecular weight excluding hydrogens is 350 g/mol. The first-order valence-electron chi connectivity index (χ1n) is 6.99. The lowest BCUT2D eigenvalue weighted by molar-refractivity contribution is -0.118. The Labute approximate surface area is 146 Å². The van der Waals surface area contributed by atoms with Gasteiger partial charge in [0.05, 0.1) is 23.0 Å². The van der Waals surface area contributed by atoms with Crippen LogP contribution in [-0.2, 0) is 4.79 Å². The number of ketones is 1. The van der Waals surface area contributed by atoms with Crippen molar-refractivity contribution in [3.8, 4) is 5.75 Å². The van der Waals surface area contributed by atoms with Crippen LogP contribution in [0.5, 0.6) is 5.75 Å². The minimum absolute atomic E-state index is 0.189. The molecule has 0 saturated carbocycles. The largest absolute Gasteiger partial charge is 0.483 e. The summed E-state index contributed by atoms with van der Waals surface area (Å²) in [4.78, 5) is 23.7. The number of aromatic nitrogens is 2. The minimum Gasteiger partial charge on any atom is -0.483 e. The van der Waals surface area contributed by atoms with Gasteiger partial charge in [0.2, 0.25) is 0 Å². The van der Waals surface area contributed by atoms with Crippen molar-refractivity contribution < 1.29 is 14.3 Å². The Morgan fingerprint density at radius 3 is 2.88 bits per heavy atom. The second-order valence-corrected chi connectivity index (χ2v) is 5.94. The number of halogens is 1. The average Bonchev–Trinajstić information content (AvgIpc) is 3.03. The van der Waals surface area contributed by atoms with Crippen LogP contribution in [0.3, 0.4) is 0 Å². The summed E-state index contributed by atoms with van der Waals surface area (Å²) in [6, 6.07) is 10.0. The highest BCUT2D eigenvalue weighted by Gasteiger charge is 2.13. The minimum atomic E-state index is -0.361. The van der Waals surface area contributed by atoms with E-state index in [1.165, 1.54) is 13.0 Å². The van der Waals surface area contributed by atoms with Crippen LogP contribution >= 0.6 is 23.3 Å². The number of nitrogens with one attached hydrogen (secondary N) is 1. The SMILES string of the molecule is CC(=O)c1cc(Cl)ccc1OCC(=O)Nc1cccc2nsnc12. The first-order valence-corrected chi connectivity index (χ1v) is 8.10. The Kier molecular flexibility index (Phi) is 4.73. The first kappa shape index (κ1) is 16.4. The molecule has 2 aromatic carbocycles. The summed E-state index contributed by atoms with van der Waals surface area (Å²) >= 11 is 6.96. The molecule has 0 aliphatic carbocycles. The number of carbonyl (C=O) groups is 2. The van der Waals surface area contributed by atoms with E-state index in [2.05, 4.69) is 14.1 Å². The van der Waals surface area contributed by atoms with Crippen LogP contribution in [-0.4, -0.2) is 27.0 Å².